The Morgan fingerprint density at radius 3 is 2.65 bits per heavy atom. The quantitative estimate of drug-likeness (QED) is 0.846. The molecule has 0 radical (unpaired) electrons. The summed E-state index contributed by atoms with van der Waals surface area (Å²) in [6.45, 7) is 6.29. The van der Waals surface area contributed by atoms with Gasteiger partial charge in [-0.15, -0.1) is 0 Å². The molecule has 20 heavy (non-hydrogen) atoms. The summed E-state index contributed by atoms with van der Waals surface area (Å²) in [4.78, 5) is 11.8. The van der Waals surface area contributed by atoms with Gasteiger partial charge >= 0.3 is 0 Å². The second-order valence-electron chi connectivity index (χ2n) is 5.72. The lowest BCUT2D eigenvalue weighted by Crippen LogP contribution is -2.24. The van der Waals surface area contributed by atoms with E-state index in [-0.39, 0.29) is 10.7 Å². The maximum Gasteiger partial charge on any atom is 0.224 e. The molecule has 4 nitrogen and oxygen atoms in total. The SMILES string of the molecule is CC(C)(C)S(=O)CCCC(=O)Nc1cccc(CN)c1. The van der Waals surface area contributed by atoms with E-state index in [0.717, 1.165) is 11.3 Å². The van der Waals surface area contributed by atoms with Gasteiger partial charge in [0, 0.05) is 40.0 Å². The van der Waals surface area contributed by atoms with Crippen LogP contribution >= 0.6 is 0 Å². The summed E-state index contributed by atoms with van der Waals surface area (Å²) in [6.07, 6.45) is 1.01. The van der Waals surface area contributed by atoms with E-state index in [1.54, 1.807) is 0 Å². The third-order valence-corrected chi connectivity index (χ3v) is 4.89. The van der Waals surface area contributed by atoms with Crippen LogP contribution in [0.4, 0.5) is 5.69 Å². The number of hydrogen-bond donors (Lipinski definition) is 2. The average molecular weight is 296 g/mol. The first kappa shape index (κ1) is 16.9. The first-order valence-corrected chi connectivity index (χ1v) is 8.12. The summed E-state index contributed by atoms with van der Waals surface area (Å²) in [7, 11) is -0.902. The molecule has 1 amide bonds. The van der Waals surface area contributed by atoms with Gasteiger partial charge in [0.05, 0.1) is 0 Å². The summed E-state index contributed by atoms with van der Waals surface area (Å²) < 4.78 is 11.6. The molecule has 1 atom stereocenters. The number of hydrogen-bond acceptors (Lipinski definition) is 3. The molecule has 0 aliphatic carbocycles. The van der Waals surface area contributed by atoms with Gasteiger partial charge in [-0.1, -0.05) is 12.1 Å². The van der Waals surface area contributed by atoms with Crippen LogP contribution in [0.1, 0.15) is 39.2 Å². The summed E-state index contributed by atoms with van der Waals surface area (Å²) in [5.41, 5.74) is 7.30. The van der Waals surface area contributed by atoms with Gasteiger partial charge in [-0.3, -0.25) is 9.00 Å². The number of carbonyl (C=O) groups is 1. The first-order valence-electron chi connectivity index (χ1n) is 6.80. The molecule has 0 aliphatic heterocycles. The molecule has 0 bridgehead atoms. The van der Waals surface area contributed by atoms with Crippen molar-refractivity contribution in [2.24, 2.45) is 5.73 Å². The Morgan fingerprint density at radius 1 is 1.35 bits per heavy atom. The molecule has 3 N–H and O–H groups in total. The van der Waals surface area contributed by atoms with E-state index in [2.05, 4.69) is 5.32 Å². The highest BCUT2D eigenvalue weighted by atomic mass is 32.2. The van der Waals surface area contributed by atoms with Crippen LogP contribution in [0.5, 0.6) is 0 Å². The van der Waals surface area contributed by atoms with Crippen LogP contribution in [0.3, 0.4) is 0 Å². The minimum atomic E-state index is -0.902. The second-order valence-corrected chi connectivity index (χ2v) is 8.04. The molecule has 0 aliphatic rings. The van der Waals surface area contributed by atoms with E-state index in [1.165, 1.54) is 0 Å². The minimum Gasteiger partial charge on any atom is -0.326 e. The van der Waals surface area contributed by atoms with Crippen molar-refractivity contribution in [1.82, 2.24) is 0 Å². The van der Waals surface area contributed by atoms with Crippen LogP contribution in [0.25, 0.3) is 0 Å². The van der Waals surface area contributed by atoms with Crippen molar-refractivity contribution in [3.63, 3.8) is 0 Å². The van der Waals surface area contributed by atoms with Crippen LogP contribution < -0.4 is 11.1 Å². The van der Waals surface area contributed by atoms with Crippen molar-refractivity contribution in [2.75, 3.05) is 11.1 Å². The molecular formula is C15H24N2O2S. The molecule has 1 unspecified atom stereocenters. The lowest BCUT2D eigenvalue weighted by atomic mass is 10.2. The Hall–Kier alpha value is -1.20. The Kier molecular flexibility index (Phi) is 6.36. The molecule has 0 heterocycles. The highest BCUT2D eigenvalue weighted by Crippen LogP contribution is 2.14. The van der Waals surface area contributed by atoms with Gasteiger partial charge in [-0.2, -0.15) is 0 Å². The van der Waals surface area contributed by atoms with Gasteiger partial charge in [-0.05, 0) is 44.9 Å². The highest BCUT2D eigenvalue weighted by Gasteiger charge is 2.18. The van der Waals surface area contributed by atoms with Gasteiger partial charge in [0.1, 0.15) is 0 Å². The molecule has 0 aromatic heterocycles. The predicted molar refractivity (Wildman–Crippen MR) is 85.0 cm³/mol. The third kappa shape index (κ3) is 5.84. The predicted octanol–water partition coefficient (Wildman–Crippen LogP) is 2.41. The Labute approximate surface area is 123 Å². The molecule has 1 rings (SSSR count). The van der Waals surface area contributed by atoms with Crippen LogP contribution in [-0.4, -0.2) is 20.6 Å². The fourth-order valence-corrected chi connectivity index (χ4v) is 2.69. The van der Waals surface area contributed by atoms with Gasteiger partial charge in [0.15, 0.2) is 0 Å². The van der Waals surface area contributed by atoms with E-state index in [9.17, 15) is 9.00 Å². The molecular weight excluding hydrogens is 272 g/mol. The number of amides is 1. The van der Waals surface area contributed by atoms with Crippen LogP contribution in [0, 0.1) is 0 Å². The van der Waals surface area contributed by atoms with Crippen LogP contribution in [-0.2, 0) is 22.1 Å². The van der Waals surface area contributed by atoms with Crippen LogP contribution in [0.2, 0.25) is 0 Å². The Bertz CT molecular complexity index is 481. The number of anilines is 1. The lowest BCUT2D eigenvalue weighted by molar-refractivity contribution is -0.116. The molecule has 112 valence electrons. The highest BCUT2D eigenvalue weighted by molar-refractivity contribution is 7.86. The number of nitrogens with two attached hydrogens (primary N) is 1. The van der Waals surface area contributed by atoms with Crippen molar-refractivity contribution >= 4 is 22.4 Å². The molecule has 0 saturated carbocycles. The smallest absolute Gasteiger partial charge is 0.224 e. The zero-order chi connectivity index (χ0) is 15.2. The molecule has 0 spiro atoms. The van der Waals surface area contributed by atoms with E-state index >= 15 is 0 Å². The Morgan fingerprint density at radius 2 is 2.05 bits per heavy atom. The zero-order valence-electron chi connectivity index (χ0n) is 12.4. The first-order chi connectivity index (χ1) is 9.32. The standard InChI is InChI=1S/C15H24N2O2S/c1-15(2,3)20(19)9-5-8-14(18)17-13-7-4-6-12(10-13)11-16/h4,6-7,10H,5,8-9,11,16H2,1-3H3,(H,17,18). The summed E-state index contributed by atoms with van der Waals surface area (Å²) >= 11 is 0. The molecule has 0 fully saturated rings. The van der Waals surface area contributed by atoms with Gasteiger partial charge in [-0.25, -0.2) is 0 Å². The molecule has 1 aromatic rings. The third-order valence-electron chi connectivity index (χ3n) is 2.86. The summed E-state index contributed by atoms with van der Waals surface area (Å²) in [5.74, 6) is 0.504. The largest absolute Gasteiger partial charge is 0.326 e. The lowest BCUT2D eigenvalue weighted by Gasteiger charge is -2.17. The summed E-state index contributed by atoms with van der Waals surface area (Å²) in [5, 5.41) is 2.84. The maximum atomic E-state index is 11.9. The van der Waals surface area contributed by atoms with Gasteiger partial charge < -0.3 is 11.1 Å². The van der Waals surface area contributed by atoms with Crippen LogP contribution in [0.15, 0.2) is 24.3 Å². The van der Waals surface area contributed by atoms with Gasteiger partial charge in [0.25, 0.3) is 0 Å². The average Bonchev–Trinajstić information content (AvgIpc) is 2.37. The van der Waals surface area contributed by atoms with Crippen molar-refractivity contribution in [3.8, 4) is 0 Å². The fraction of sp³-hybridized carbons (Fsp3) is 0.533. The van der Waals surface area contributed by atoms with E-state index in [4.69, 9.17) is 5.73 Å². The monoisotopic (exact) mass is 296 g/mol. The zero-order valence-corrected chi connectivity index (χ0v) is 13.3. The molecule has 1 aromatic carbocycles. The van der Waals surface area contributed by atoms with E-state index < -0.39 is 10.8 Å². The molecule has 5 heteroatoms. The maximum absolute atomic E-state index is 11.9. The number of rotatable bonds is 6. The second kappa shape index (κ2) is 7.55. The number of carbonyl (C=O) groups excluding carboxylic acids is 1. The van der Waals surface area contributed by atoms with Crippen molar-refractivity contribution in [1.29, 1.82) is 0 Å². The normalized spacial score (nSPS) is 13.0. The minimum absolute atomic E-state index is 0.0509. The Balaban J connectivity index is 2.39. The van der Waals surface area contributed by atoms with E-state index in [0.29, 0.717) is 25.1 Å². The summed E-state index contributed by atoms with van der Waals surface area (Å²) in [6, 6.07) is 7.49. The van der Waals surface area contributed by atoms with Crippen molar-refractivity contribution in [2.45, 2.75) is 44.9 Å². The number of benzene rings is 1. The fourth-order valence-electron chi connectivity index (χ4n) is 1.67. The van der Waals surface area contributed by atoms with Gasteiger partial charge in [0.2, 0.25) is 5.91 Å². The van der Waals surface area contributed by atoms with Crippen molar-refractivity contribution in [3.05, 3.63) is 29.8 Å². The topological polar surface area (TPSA) is 72.2 Å². The van der Waals surface area contributed by atoms with Crippen molar-refractivity contribution < 1.29 is 9.00 Å². The van der Waals surface area contributed by atoms with E-state index in [1.807, 2.05) is 45.0 Å². The number of nitrogens with one attached hydrogen (secondary N) is 1. The molecule has 0 saturated heterocycles.